The monoisotopic (exact) mass is 363 g/mol. The van der Waals surface area contributed by atoms with Crippen molar-refractivity contribution < 1.29 is 13.9 Å². The van der Waals surface area contributed by atoms with Gasteiger partial charge in [0.05, 0.1) is 11.8 Å². The van der Waals surface area contributed by atoms with E-state index in [1.165, 1.54) is 25.3 Å². The van der Waals surface area contributed by atoms with Crippen LogP contribution in [0.5, 0.6) is 0 Å². The van der Waals surface area contributed by atoms with Crippen molar-refractivity contribution in [1.29, 1.82) is 0 Å². The fourth-order valence-corrected chi connectivity index (χ4v) is 3.93. The highest BCUT2D eigenvalue weighted by molar-refractivity contribution is 5.89. The van der Waals surface area contributed by atoms with Crippen LogP contribution in [0.3, 0.4) is 0 Å². The number of carbonyl (C=O) groups excluding carboxylic acids is 1. The summed E-state index contributed by atoms with van der Waals surface area (Å²) in [7, 11) is 1.96. The predicted molar refractivity (Wildman–Crippen MR) is 102 cm³/mol. The number of amides is 2. The van der Waals surface area contributed by atoms with Gasteiger partial charge in [-0.3, -0.25) is 0 Å². The minimum absolute atomic E-state index is 0.252. The van der Waals surface area contributed by atoms with Gasteiger partial charge in [-0.05, 0) is 50.3 Å². The van der Waals surface area contributed by atoms with Gasteiger partial charge in [-0.25, -0.2) is 9.18 Å². The molecule has 2 amide bonds. The number of benzene rings is 1. The second kappa shape index (κ2) is 9.21. The fraction of sp³-hybridized carbons (Fsp3) is 0.650. The Hall–Kier alpha value is -1.82. The van der Waals surface area contributed by atoms with Gasteiger partial charge >= 0.3 is 6.03 Å². The fourth-order valence-electron chi connectivity index (χ4n) is 3.93. The summed E-state index contributed by atoms with van der Waals surface area (Å²) in [6.45, 7) is 1.37. The number of ether oxygens (including phenoxy) is 1. The molecule has 1 atom stereocenters. The summed E-state index contributed by atoms with van der Waals surface area (Å²) in [6, 6.07) is 5.01. The van der Waals surface area contributed by atoms with E-state index in [4.69, 9.17) is 4.74 Å². The van der Waals surface area contributed by atoms with E-state index in [0.29, 0.717) is 24.0 Å². The number of nitrogens with one attached hydrogen (secondary N) is 2. The van der Waals surface area contributed by atoms with Gasteiger partial charge in [-0.2, -0.15) is 0 Å². The maximum absolute atomic E-state index is 14.5. The minimum Gasteiger partial charge on any atom is -0.378 e. The van der Waals surface area contributed by atoms with E-state index in [9.17, 15) is 9.18 Å². The van der Waals surface area contributed by atoms with Gasteiger partial charge in [-0.15, -0.1) is 0 Å². The van der Waals surface area contributed by atoms with Crippen molar-refractivity contribution in [3.05, 3.63) is 24.0 Å². The summed E-state index contributed by atoms with van der Waals surface area (Å²) in [6.07, 6.45) is 9.14. The smallest absolute Gasteiger partial charge is 0.319 e. The van der Waals surface area contributed by atoms with Crippen molar-refractivity contribution in [1.82, 2.24) is 5.32 Å². The molecule has 1 aromatic rings. The first-order valence-electron chi connectivity index (χ1n) is 9.82. The number of carbonyl (C=O) groups is 1. The van der Waals surface area contributed by atoms with Gasteiger partial charge in [0, 0.05) is 31.9 Å². The molecular formula is C20H30FN3O2. The van der Waals surface area contributed by atoms with Gasteiger partial charge in [0.1, 0.15) is 5.82 Å². The normalized spacial score (nSPS) is 20.8. The molecule has 26 heavy (non-hydrogen) atoms. The summed E-state index contributed by atoms with van der Waals surface area (Å²) in [5.74, 6) is -0.296. The Morgan fingerprint density at radius 2 is 2.04 bits per heavy atom. The van der Waals surface area contributed by atoms with E-state index < -0.39 is 0 Å². The van der Waals surface area contributed by atoms with Crippen molar-refractivity contribution in [2.45, 2.75) is 63.5 Å². The zero-order valence-corrected chi connectivity index (χ0v) is 15.6. The Kier molecular flexibility index (Phi) is 6.72. The molecule has 2 N–H and O–H groups in total. The van der Waals surface area contributed by atoms with Crippen LogP contribution in [0, 0.1) is 5.82 Å². The highest BCUT2D eigenvalue weighted by atomic mass is 19.1. The lowest BCUT2D eigenvalue weighted by atomic mass is 9.94. The molecule has 0 unspecified atom stereocenters. The van der Waals surface area contributed by atoms with Crippen LogP contribution in [-0.2, 0) is 4.74 Å². The maximum atomic E-state index is 14.5. The van der Waals surface area contributed by atoms with E-state index in [2.05, 4.69) is 10.6 Å². The highest BCUT2D eigenvalue weighted by Gasteiger charge is 2.21. The molecule has 1 saturated heterocycles. The quantitative estimate of drug-likeness (QED) is 0.793. The van der Waals surface area contributed by atoms with Crippen LogP contribution in [0.2, 0.25) is 0 Å². The standard InChI is InChI=1S/C20H30FN3O2/c1-24(16-6-3-2-4-7-16)19-10-9-15(14-18(19)21)23-20(25)22-12-11-17-8-5-13-26-17/h9-10,14,16-17H,2-8,11-13H2,1H3,(H2,22,23,25)/t17-/m0/s1. The van der Waals surface area contributed by atoms with E-state index >= 15 is 0 Å². The van der Waals surface area contributed by atoms with Crippen LogP contribution in [-0.4, -0.2) is 38.4 Å². The molecule has 2 fully saturated rings. The van der Waals surface area contributed by atoms with Gasteiger partial charge in [0.2, 0.25) is 0 Å². The average Bonchev–Trinajstić information content (AvgIpc) is 3.15. The molecular weight excluding hydrogens is 333 g/mol. The van der Waals surface area contributed by atoms with Gasteiger partial charge in [-0.1, -0.05) is 19.3 Å². The molecule has 5 nitrogen and oxygen atoms in total. The van der Waals surface area contributed by atoms with Crippen molar-refractivity contribution in [2.24, 2.45) is 0 Å². The molecule has 0 bridgehead atoms. The molecule has 1 aliphatic heterocycles. The second-order valence-electron chi connectivity index (χ2n) is 7.37. The lowest BCUT2D eigenvalue weighted by molar-refractivity contribution is 0.105. The summed E-state index contributed by atoms with van der Waals surface area (Å²) in [4.78, 5) is 14.0. The third kappa shape index (κ3) is 5.10. The van der Waals surface area contributed by atoms with Crippen LogP contribution in [0.15, 0.2) is 18.2 Å². The predicted octanol–water partition coefficient (Wildman–Crippen LogP) is 4.29. The van der Waals surface area contributed by atoms with Crippen molar-refractivity contribution in [3.63, 3.8) is 0 Å². The summed E-state index contributed by atoms with van der Waals surface area (Å²) in [5, 5.41) is 5.51. The van der Waals surface area contributed by atoms with Crippen molar-refractivity contribution in [3.8, 4) is 0 Å². The average molecular weight is 363 g/mol. The first kappa shape index (κ1) is 19.0. The minimum atomic E-state index is -0.309. The topological polar surface area (TPSA) is 53.6 Å². The molecule has 144 valence electrons. The number of nitrogens with zero attached hydrogens (tertiary/aromatic N) is 1. The molecule has 1 saturated carbocycles. The molecule has 0 radical (unpaired) electrons. The van der Waals surface area contributed by atoms with Gasteiger partial charge in [0.15, 0.2) is 0 Å². The molecule has 2 aliphatic rings. The first-order chi connectivity index (χ1) is 12.6. The number of urea groups is 1. The summed E-state index contributed by atoms with van der Waals surface area (Å²) < 4.78 is 20.1. The number of anilines is 2. The number of halogens is 1. The Morgan fingerprint density at radius 1 is 1.23 bits per heavy atom. The Bertz CT molecular complexity index is 599. The van der Waals surface area contributed by atoms with Crippen molar-refractivity contribution >= 4 is 17.4 Å². The SMILES string of the molecule is CN(c1ccc(NC(=O)NCC[C@@H]2CCCO2)cc1F)C1CCCCC1. The largest absolute Gasteiger partial charge is 0.378 e. The Balaban J connectivity index is 1.49. The van der Waals surface area contributed by atoms with E-state index in [0.717, 1.165) is 38.7 Å². The number of rotatable bonds is 6. The highest BCUT2D eigenvalue weighted by Crippen LogP contribution is 2.29. The molecule has 6 heteroatoms. The van der Waals surface area contributed by atoms with E-state index in [1.54, 1.807) is 12.1 Å². The van der Waals surface area contributed by atoms with Crippen LogP contribution >= 0.6 is 0 Å². The van der Waals surface area contributed by atoms with E-state index in [1.807, 2.05) is 11.9 Å². The maximum Gasteiger partial charge on any atom is 0.319 e. The molecule has 1 aliphatic carbocycles. The van der Waals surface area contributed by atoms with Gasteiger partial charge in [0.25, 0.3) is 0 Å². The Morgan fingerprint density at radius 3 is 2.73 bits per heavy atom. The third-order valence-electron chi connectivity index (χ3n) is 5.48. The molecule has 1 heterocycles. The summed E-state index contributed by atoms with van der Waals surface area (Å²) >= 11 is 0. The zero-order chi connectivity index (χ0) is 18.4. The van der Waals surface area contributed by atoms with E-state index in [-0.39, 0.29) is 18.0 Å². The number of hydrogen-bond donors (Lipinski definition) is 2. The van der Waals surface area contributed by atoms with Gasteiger partial charge < -0.3 is 20.3 Å². The van der Waals surface area contributed by atoms with Crippen LogP contribution in [0.1, 0.15) is 51.4 Å². The first-order valence-corrected chi connectivity index (χ1v) is 9.82. The second-order valence-corrected chi connectivity index (χ2v) is 7.37. The van der Waals surface area contributed by atoms with Crippen LogP contribution in [0.25, 0.3) is 0 Å². The lowest BCUT2D eigenvalue weighted by Crippen LogP contribution is -2.34. The lowest BCUT2D eigenvalue weighted by Gasteiger charge is -2.33. The third-order valence-corrected chi connectivity index (χ3v) is 5.48. The molecule has 3 rings (SSSR count). The molecule has 1 aromatic carbocycles. The molecule has 0 aromatic heterocycles. The zero-order valence-electron chi connectivity index (χ0n) is 15.6. The Labute approximate surface area is 155 Å². The van der Waals surface area contributed by atoms with Crippen molar-refractivity contribution in [2.75, 3.05) is 30.4 Å². The number of hydrogen-bond acceptors (Lipinski definition) is 3. The molecule has 0 spiro atoms. The van der Waals surface area contributed by atoms with Crippen LogP contribution in [0.4, 0.5) is 20.6 Å². The van der Waals surface area contributed by atoms with Crippen LogP contribution < -0.4 is 15.5 Å². The summed E-state index contributed by atoms with van der Waals surface area (Å²) in [5.41, 5.74) is 1.07.